The first-order chi connectivity index (χ1) is 7.64. The first-order valence-corrected chi connectivity index (χ1v) is 6.58. The molecule has 0 unspecified atom stereocenters. The molecule has 1 N–H and O–H groups in total. The van der Waals surface area contributed by atoms with Crippen LogP contribution in [0.3, 0.4) is 0 Å². The van der Waals surface area contributed by atoms with Crippen LogP contribution in [0.5, 0.6) is 0 Å². The van der Waals surface area contributed by atoms with E-state index in [-0.39, 0.29) is 4.90 Å². The zero-order chi connectivity index (χ0) is 11.6. The fourth-order valence-electron chi connectivity index (χ4n) is 1.66. The normalized spacial score (nSPS) is 17.6. The molecule has 1 aromatic heterocycles. The fourth-order valence-corrected chi connectivity index (χ4v) is 3.06. The van der Waals surface area contributed by atoms with Crippen molar-refractivity contribution in [3.05, 3.63) is 12.4 Å². The lowest BCUT2D eigenvalue weighted by molar-refractivity contribution is 0.477. The largest absolute Gasteiger partial charge is 0.357 e. The Hall–Kier alpha value is -1.21. The molecule has 2 heterocycles. The van der Waals surface area contributed by atoms with Crippen molar-refractivity contribution in [2.45, 2.75) is 17.7 Å². The lowest BCUT2D eigenvalue weighted by Crippen LogP contribution is -2.28. The van der Waals surface area contributed by atoms with E-state index in [1.807, 2.05) is 0 Å². The second-order valence-corrected chi connectivity index (χ2v) is 5.54. The molecule has 88 valence electrons. The number of hydrogen-bond acceptors (Lipinski definition) is 5. The Labute approximate surface area is 94.8 Å². The van der Waals surface area contributed by atoms with E-state index in [0.717, 1.165) is 12.8 Å². The zero-order valence-electron chi connectivity index (χ0n) is 9.05. The summed E-state index contributed by atoms with van der Waals surface area (Å²) in [5.74, 6) is 0.417. The van der Waals surface area contributed by atoms with Crippen molar-refractivity contribution in [1.29, 1.82) is 0 Å². The Bertz CT molecular complexity index is 451. The maximum atomic E-state index is 12.1. The Morgan fingerprint density at radius 1 is 1.25 bits per heavy atom. The summed E-state index contributed by atoms with van der Waals surface area (Å²) >= 11 is 0. The van der Waals surface area contributed by atoms with Crippen LogP contribution < -0.4 is 5.32 Å². The van der Waals surface area contributed by atoms with Gasteiger partial charge in [-0.3, -0.25) is 0 Å². The molecule has 6 nitrogen and oxygen atoms in total. The summed E-state index contributed by atoms with van der Waals surface area (Å²) in [4.78, 5) is 7.97. The minimum atomic E-state index is -3.38. The van der Waals surface area contributed by atoms with Gasteiger partial charge in [0, 0.05) is 20.1 Å². The highest BCUT2D eigenvalue weighted by molar-refractivity contribution is 7.89. The molecule has 0 radical (unpaired) electrons. The summed E-state index contributed by atoms with van der Waals surface area (Å²) in [6.45, 7) is 1.19. The van der Waals surface area contributed by atoms with Gasteiger partial charge in [-0.05, 0) is 12.8 Å². The number of aromatic nitrogens is 2. The molecule has 1 aromatic rings. The van der Waals surface area contributed by atoms with Crippen molar-refractivity contribution < 1.29 is 8.42 Å². The van der Waals surface area contributed by atoms with Gasteiger partial charge in [0.25, 0.3) is 0 Å². The van der Waals surface area contributed by atoms with E-state index in [1.165, 1.54) is 16.7 Å². The fraction of sp³-hybridized carbons (Fsp3) is 0.556. The third kappa shape index (κ3) is 2.00. The first-order valence-electron chi connectivity index (χ1n) is 5.14. The molecule has 1 fully saturated rings. The maximum absolute atomic E-state index is 12.1. The second-order valence-electron chi connectivity index (χ2n) is 3.60. The summed E-state index contributed by atoms with van der Waals surface area (Å²) in [5.41, 5.74) is 0. The van der Waals surface area contributed by atoms with Crippen LogP contribution in [0.25, 0.3) is 0 Å². The summed E-state index contributed by atoms with van der Waals surface area (Å²) in [6.07, 6.45) is 4.53. The molecule has 7 heteroatoms. The molecule has 0 amide bonds. The number of anilines is 1. The molecular weight excluding hydrogens is 228 g/mol. The second kappa shape index (κ2) is 4.34. The van der Waals surface area contributed by atoms with E-state index in [1.54, 1.807) is 7.05 Å². The standard InChI is InChI=1S/C9H14N4O2S/c1-10-9-11-6-8(7-12-9)16(14,15)13-4-2-3-5-13/h6-7H,2-5H2,1H3,(H,10,11,12). The molecule has 1 aliphatic rings. The van der Waals surface area contributed by atoms with E-state index >= 15 is 0 Å². The van der Waals surface area contributed by atoms with Crippen LogP contribution >= 0.6 is 0 Å². The van der Waals surface area contributed by atoms with Gasteiger partial charge < -0.3 is 5.32 Å². The molecule has 0 saturated carbocycles. The van der Waals surface area contributed by atoms with E-state index in [0.29, 0.717) is 19.0 Å². The Balaban J connectivity index is 2.28. The molecule has 2 rings (SSSR count). The summed E-state index contributed by atoms with van der Waals surface area (Å²) in [7, 11) is -1.70. The first kappa shape index (κ1) is 11.3. The Kier molecular flexibility index (Phi) is 3.06. The van der Waals surface area contributed by atoms with Gasteiger partial charge in [0.15, 0.2) is 0 Å². The van der Waals surface area contributed by atoms with E-state index in [9.17, 15) is 8.42 Å². The van der Waals surface area contributed by atoms with Crippen molar-refractivity contribution >= 4 is 16.0 Å². The van der Waals surface area contributed by atoms with Crippen molar-refractivity contribution in [3.63, 3.8) is 0 Å². The lowest BCUT2D eigenvalue weighted by Gasteiger charge is -2.14. The van der Waals surface area contributed by atoms with Crippen molar-refractivity contribution in [3.8, 4) is 0 Å². The van der Waals surface area contributed by atoms with Gasteiger partial charge in [0.1, 0.15) is 4.90 Å². The molecule has 1 saturated heterocycles. The van der Waals surface area contributed by atoms with Crippen LogP contribution in [0.1, 0.15) is 12.8 Å². The quantitative estimate of drug-likeness (QED) is 0.825. The minimum absolute atomic E-state index is 0.161. The molecule has 0 aromatic carbocycles. The van der Waals surface area contributed by atoms with Gasteiger partial charge in [-0.15, -0.1) is 0 Å². The van der Waals surface area contributed by atoms with E-state index < -0.39 is 10.0 Å². The monoisotopic (exact) mass is 242 g/mol. The zero-order valence-corrected chi connectivity index (χ0v) is 9.87. The Morgan fingerprint density at radius 3 is 2.31 bits per heavy atom. The van der Waals surface area contributed by atoms with Gasteiger partial charge in [-0.2, -0.15) is 4.31 Å². The van der Waals surface area contributed by atoms with Crippen molar-refractivity contribution in [2.24, 2.45) is 0 Å². The summed E-state index contributed by atoms with van der Waals surface area (Å²) in [6, 6.07) is 0. The van der Waals surface area contributed by atoms with Crippen LogP contribution in [-0.4, -0.2) is 42.8 Å². The minimum Gasteiger partial charge on any atom is -0.357 e. The van der Waals surface area contributed by atoms with Gasteiger partial charge in [0.05, 0.1) is 12.4 Å². The average molecular weight is 242 g/mol. The molecule has 0 atom stereocenters. The van der Waals surface area contributed by atoms with Crippen LogP contribution in [0.15, 0.2) is 17.3 Å². The molecule has 16 heavy (non-hydrogen) atoms. The van der Waals surface area contributed by atoms with Crippen LogP contribution in [0.4, 0.5) is 5.95 Å². The highest BCUT2D eigenvalue weighted by Gasteiger charge is 2.27. The molecule has 0 aliphatic carbocycles. The van der Waals surface area contributed by atoms with Crippen LogP contribution in [0.2, 0.25) is 0 Å². The number of hydrogen-bond donors (Lipinski definition) is 1. The molecule has 0 bridgehead atoms. The number of nitrogens with one attached hydrogen (secondary N) is 1. The number of sulfonamides is 1. The molecular formula is C9H14N4O2S. The number of nitrogens with zero attached hydrogens (tertiary/aromatic N) is 3. The van der Waals surface area contributed by atoms with E-state index in [4.69, 9.17) is 0 Å². The predicted octanol–water partition coefficient (Wildman–Crippen LogP) is 0.303. The van der Waals surface area contributed by atoms with E-state index in [2.05, 4.69) is 15.3 Å². The highest BCUT2D eigenvalue weighted by Crippen LogP contribution is 2.19. The van der Waals surface area contributed by atoms with Gasteiger partial charge >= 0.3 is 0 Å². The van der Waals surface area contributed by atoms with Crippen molar-refractivity contribution in [1.82, 2.24) is 14.3 Å². The Morgan fingerprint density at radius 2 is 1.81 bits per heavy atom. The smallest absolute Gasteiger partial charge is 0.246 e. The van der Waals surface area contributed by atoms with Crippen molar-refractivity contribution in [2.75, 3.05) is 25.5 Å². The van der Waals surface area contributed by atoms with Crippen LogP contribution in [0, 0.1) is 0 Å². The maximum Gasteiger partial charge on any atom is 0.246 e. The third-order valence-electron chi connectivity index (χ3n) is 2.55. The molecule has 1 aliphatic heterocycles. The summed E-state index contributed by atoms with van der Waals surface area (Å²) in [5, 5.41) is 2.74. The number of rotatable bonds is 3. The third-order valence-corrected chi connectivity index (χ3v) is 4.41. The highest BCUT2D eigenvalue weighted by atomic mass is 32.2. The van der Waals surface area contributed by atoms with Gasteiger partial charge in [-0.25, -0.2) is 18.4 Å². The molecule has 0 spiro atoms. The SMILES string of the molecule is CNc1ncc(S(=O)(=O)N2CCCC2)cn1. The van der Waals surface area contributed by atoms with Gasteiger partial charge in [0.2, 0.25) is 16.0 Å². The summed E-state index contributed by atoms with van der Waals surface area (Å²) < 4.78 is 25.6. The lowest BCUT2D eigenvalue weighted by atomic mass is 10.4. The average Bonchev–Trinajstić information content (AvgIpc) is 2.83. The predicted molar refractivity (Wildman–Crippen MR) is 59.6 cm³/mol. The van der Waals surface area contributed by atoms with Crippen LogP contribution in [-0.2, 0) is 10.0 Å². The van der Waals surface area contributed by atoms with Gasteiger partial charge in [-0.1, -0.05) is 0 Å². The topological polar surface area (TPSA) is 75.2 Å².